The topological polar surface area (TPSA) is 69.6 Å². The molecule has 0 bridgehead atoms. The van der Waals surface area contributed by atoms with E-state index in [-0.39, 0.29) is 20.3 Å². The van der Waals surface area contributed by atoms with Gasteiger partial charge in [0.2, 0.25) is 0 Å². The van der Waals surface area contributed by atoms with Gasteiger partial charge in [-0.1, -0.05) is 36.4 Å². The predicted octanol–water partition coefficient (Wildman–Crippen LogP) is 2.68. The molecule has 0 N–H and O–H groups in total. The van der Waals surface area contributed by atoms with E-state index in [1.54, 1.807) is 18.2 Å². The Balaban J connectivity index is 2.50. The van der Waals surface area contributed by atoms with Crippen LogP contribution in [0.1, 0.15) is 16.7 Å². The van der Waals surface area contributed by atoms with Crippen LogP contribution in [0.25, 0.3) is 17.3 Å². The summed E-state index contributed by atoms with van der Waals surface area (Å²) in [6, 6.07) is 15.4. The Kier molecular flexibility index (Phi) is 5.03. The highest BCUT2D eigenvalue weighted by Crippen LogP contribution is 2.16. The number of halogens is 1. The zero-order valence-electron chi connectivity index (χ0n) is 14.7. The molecule has 0 radical (unpaired) electrons. The third-order valence-corrected chi connectivity index (χ3v) is 5.21. The lowest BCUT2D eigenvalue weighted by molar-refractivity contribution is 0.625. The van der Waals surface area contributed by atoms with Crippen LogP contribution in [-0.4, -0.2) is 4.57 Å². The first-order valence-corrected chi connectivity index (χ1v) is 8.88. The maximum absolute atomic E-state index is 14.0. The molecule has 0 aliphatic heterocycles. The summed E-state index contributed by atoms with van der Waals surface area (Å²) in [4.78, 5) is 13.1. The number of aryl methyl sites for hydroxylation is 2. The number of para-hydroxylation sites is 1. The van der Waals surface area contributed by atoms with Crippen molar-refractivity contribution in [3.63, 3.8) is 0 Å². The molecule has 0 saturated carbocycles. The molecule has 0 fully saturated rings. The Bertz CT molecular complexity index is 1270. The molecule has 1 heterocycles. The molecular formula is C21H14FN3OS. The number of nitriles is 2. The molecule has 0 aliphatic carbocycles. The van der Waals surface area contributed by atoms with Crippen molar-refractivity contribution < 1.29 is 4.39 Å². The van der Waals surface area contributed by atoms with Gasteiger partial charge < -0.3 is 0 Å². The van der Waals surface area contributed by atoms with Crippen molar-refractivity contribution in [2.24, 2.45) is 0 Å². The van der Waals surface area contributed by atoms with Crippen molar-refractivity contribution in [2.45, 2.75) is 13.8 Å². The van der Waals surface area contributed by atoms with E-state index in [4.69, 9.17) is 0 Å². The molecule has 0 unspecified atom stereocenters. The first-order chi connectivity index (χ1) is 13.0. The van der Waals surface area contributed by atoms with E-state index in [1.807, 2.05) is 44.2 Å². The molecule has 0 saturated heterocycles. The summed E-state index contributed by atoms with van der Waals surface area (Å²) in [5, 5.41) is 18.7. The maximum Gasteiger partial charge on any atom is 0.273 e. The first-order valence-electron chi connectivity index (χ1n) is 8.07. The van der Waals surface area contributed by atoms with Crippen LogP contribution >= 0.6 is 11.3 Å². The van der Waals surface area contributed by atoms with Crippen molar-refractivity contribution in [3.05, 3.63) is 84.5 Å². The van der Waals surface area contributed by atoms with Gasteiger partial charge in [0.25, 0.3) is 5.56 Å². The number of thiazole rings is 1. The van der Waals surface area contributed by atoms with Gasteiger partial charge in [-0.05, 0) is 37.1 Å². The molecule has 0 amide bonds. The van der Waals surface area contributed by atoms with Crippen molar-refractivity contribution in [3.8, 4) is 17.8 Å². The summed E-state index contributed by atoms with van der Waals surface area (Å²) in [7, 11) is 0. The highest BCUT2D eigenvalue weighted by atomic mass is 32.1. The lowest BCUT2D eigenvalue weighted by Gasteiger charge is -2.10. The average Bonchev–Trinajstić information content (AvgIpc) is 2.95. The van der Waals surface area contributed by atoms with Crippen LogP contribution in [0.15, 0.2) is 47.3 Å². The van der Waals surface area contributed by atoms with Crippen molar-refractivity contribution in [1.82, 2.24) is 4.57 Å². The zero-order chi connectivity index (χ0) is 19.6. The van der Waals surface area contributed by atoms with E-state index in [1.165, 1.54) is 16.7 Å². The lowest BCUT2D eigenvalue weighted by atomic mass is 10.1. The molecule has 3 aromatic rings. The summed E-state index contributed by atoms with van der Waals surface area (Å²) < 4.78 is 15.9. The second-order valence-electron chi connectivity index (χ2n) is 5.92. The van der Waals surface area contributed by atoms with Crippen LogP contribution in [0.4, 0.5) is 4.39 Å². The van der Waals surface area contributed by atoms with E-state index >= 15 is 0 Å². The third kappa shape index (κ3) is 3.31. The fourth-order valence-electron chi connectivity index (χ4n) is 2.87. The SMILES string of the molecule is Cc1cccc(C)c1-n1c(=C(C#N)C#N)s/c(=C/c2ccccc2F)c1=O. The minimum atomic E-state index is -0.449. The fourth-order valence-corrected chi connectivity index (χ4v) is 3.90. The summed E-state index contributed by atoms with van der Waals surface area (Å²) >= 11 is 1.01. The summed E-state index contributed by atoms with van der Waals surface area (Å²) in [6.07, 6.45) is 1.45. The number of hydrogen-bond donors (Lipinski definition) is 0. The van der Waals surface area contributed by atoms with Gasteiger partial charge in [0.05, 0.1) is 10.2 Å². The largest absolute Gasteiger partial charge is 0.273 e. The molecule has 132 valence electrons. The highest BCUT2D eigenvalue weighted by Gasteiger charge is 2.15. The number of rotatable bonds is 2. The van der Waals surface area contributed by atoms with Crippen molar-refractivity contribution in [2.75, 3.05) is 0 Å². The Morgan fingerprint density at radius 3 is 2.30 bits per heavy atom. The monoisotopic (exact) mass is 375 g/mol. The van der Waals surface area contributed by atoms with Gasteiger partial charge in [0.15, 0.2) is 5.57 Å². The van der Waals surface area contributed by atoms with Crippen LogP contribution in [-0.2, 0) is 0 Å². The van der Waals surface area contributed by atoms with Crippen LogP contribution in [0.3, 0.4) is 0 Å². The fraction of sp³-hybridized carbons (Fsp3) is 0.0952. The maximum atomic E-state index is 14.0. The molecule has 4 nitrogen and oxygen atoms in total. The Labute approximate surface area is 159 Å². The van der Waals surface area contributed by atoms with Gasteiger partial charge in [-0.2, -0.15) is 10.5 Å². The first kappa shape index (κ1) is 18.3. The lowest BCUT2D eigenvalue weighted by Crippen LogP contribution is -2.31. The summed E-state index contributed by atoms with van der Waals surface area (Å²) in [5.74, 6) is -0.449. The molecule has 0 aliphatic rings. The number of aromatic nitrogens is 1. The number of hydrogen-bond acceptors (Lipinski definition) is 4. The zero-order valence-corrected chi connectivity index (χ0v) is 15.5. The average molecular weight is 375 g/mol. The minimum absolute atomic E-state index is 0.159. The summed E-state index contributed by atoms with van der Waals surface area (Å²) in [6.45, 7) is 3.71. The molecule has 27 heavy (non-hydrogen) atoms. The van der Waals surface area contributed by atoms with Crippen LogP contribution in [0.2, 0.25) is 0 Å². The normalized spacial score (nSPS) is 11.1. The minimum Gasteiger partial charge on any atom is -0.267 e. The van der Waals surface area contributed by atoms with Crippen molar-refractivity contribution >= 4 is 23.0 Å². The van der Waals surface area contributed by atoms with Crippen LogP contribution in [0, 0.1) is 42.3 Å². The van der Waals surface area contributed by atoms with E-state index in [0.29, 0.717) is 5.69 Å². The predicted molar refractivity (Wildman–Crippen MR) is 103 cm³/mol. The van der Waals surface area contributed by atoms with Crippen LogP contribution < -0.4 is 14.8 Å². The van der Waals surface area contributed by atoms with Gasteiger partial charge in [-0.3, -0.25) is 9.36 Å². The quantitative estimate of drug-likeness (QED) is 0.691. The molecule has 3 rings (SSSR count). The Hall–Kier alpha value is -3.48. The van der Waals surface area contributed by atoms with E-state index in [0.717, 1.165) is 22.5 Å². The highest BCUT2D eigenvalue weighted by molar-refractivity contribution is 7.07. The standard InChI is InChI=1S/C21H14FN3OS/c1-13-6-5-7-14(2)19(13)25-20(26)18(27-21(25)16(11-23)12-24)10-15-8-3-4-9-17(15)22/h3-10H,1-2H3/b18-10+. The van der Waals surface area contributed by atoms with Gasteiger partial charge in [-0.25, -0.2) is 4.39 Å². The Morgan fingerprint density at radius 1 is 1.07 bits per heavy atom. The van der Waals surface area contributed by atoms with Gasteiger partial charge in [0.1, 0.15) is 22.6 Å². The molecule has 6 heteroatoms. The molecular weight excluding hydrogens is 361 g/mol. The second-order valence-corrected chi connectivity index (χ2v) is 6.95. The molecule has 0 atom stereocenters. The van der Waals surface area contributed by atoms with Crippen LogP contribution in [0.5, 0.6) is 0 Å². The summed E-state index contributed by atoms with van der Waals surface area (Å²) in [5.41, 5.74) is 2.02. The second kappa shape index (κ2) is 7.41. The smallest absolute Gasteiger partial charge is 0.267 e. The number of benzene rings is 2. The Morgan fingerprint density at radius 2 is 1.70 bits per heavy atom. The number of nitrogens with zero attached hydrogens (tertiary/aromatic N) is 3. The van der Waals surface area contributed by atoms with E-state index in [9.17, 15) is 19.7 Å². The van der Waals surface area contributed by atoms with Gasteiger partial charge in [-0.15, -0.1) is 11.3 Å². The third-order valence-electron chi connectivity index (χ3n) is 4.12. The van der Waals surface area contributed by atoms with Crippen molar-refractivity contribution in [1.29, 1.82) is 10.5 Å². The van der Waals surface area contributed by atoms with Gasteiger partial charge in [0, 0.05) is 5.56 Å². The molecule has 0 spiro atoms. The molecule has 1 aromatic heterocycles. The van der Waals surface area contributed by atoms with Gasteiger partial charge >= 0.3 is 0 Å². The van der Waals surface area contributed by atoms with E-state index < -0.39 is 11.4 Å². The van der Waals surface area contributed by atoms with E-state index in [2.05, 4.69) is 0 Å². The molecule has 2 aromatic carbocycles.